The van der Waals surface area contributed by atoms with Gasteiger partial charge < -0.3 is 0 Å². The predicted octanol–water partition coefficient (Wildman–Crippen LogP) is -2.64. The molecule has 0 saturated carbocycles. The van der Waals surface area contributed by atoms with Crippen molar-refractivity contribution in [1.82, 2.24) is 18.9 Å². The fourth-order valence-corrected chi connectivity index (χ4v) is 1.90. The standard InChI is InChI=1S/C5H4N4O6S/c10-3-1-2(6-4(11)8-3)7-5(12)9(1)16(13,14)15/h(H,13,14,15)(H3,6,7,8,10,11,12). The van der Waals surface area contributed by atoms with Crippen molar-refractivity contribution >= 4 is 21.5 Å². The van der Waals surface area contributed by atoms with Crippen LogP contribution in [-0.4, -0.2) is 31.9 Å². The van der Waals surface area contributed by atoms with Crippen LogP contribution in [0.5, 0.6) is 0 Å². The monoisotopic (exact) mass is 248 g/mol. The van der Waals surface area contributed by atoms with E-state index in [1.807, 2.05) is 9.97 Å². The second-order valence-electron chi connectivity index (χ2n) is 2.80. The summed E-state index contributed by atoms with van der Waals surface area (Å²) in [5, 5.41) is 0. The van der Waals surface area contributed by atoms with E-state index >= 15 is 0 Å². The van der Waals surface area contributed by atoms with E-state index in [-0.39, 0.29) is 3.97 Å². The van der Waals surface area contributed by atoms with Gasteiger partial charge >= 0.3 is 21.7 Å². The van der Waals surface area contributed by atoms with Gasteiger partial charge in [0.05, 0.1) is 0 Å². The van der Waals surface area contributed by atoms with E-state index in [1.165, 1.54) is 0 Å². The van der Waals surface area contributed by atoms with Gasteiger partial charge in [-0.3, -0.25) is 24.3 Å². The summed E-state index contributed by atoms with van der Waals surface area (Å²) in [7, 11) is -4.92. The van der Waals surface area contributed by atoms with Crippen LogP contribution in [0.2, 0.25) is 0 Å². The molecule has 2 aromatic rings. The van der Waals surface area contributed by atoms with Gasteiger partial charge in [-0.2, -0.15) is 12.4 Å². The minimum atomic E-state index is -4.92. The van der Waals surface area contributed by atoms with Gasteiger partial charge in [0.25, 0.3) is 5.56 Å². The Kier molecular flexibility index (Phi) is 1.90. The molecular formula is C5H4N4O6S. The fourth-order valence-electron chi connectivity index (χ4n) is 1.24. The first-order chi connectivity index (χ1) is 7.30. The van der Waals surface area contributed by atoms with Crippen molar-refractivity contribution in [1.29, 1.82) is 0 Å². The molecule has 0 fully saturated rings. The second kappa shape index (κ2) is 2.93. The normalized spacial score (nSPS) is 12.1. The second-order valence-corrected chi connectivity index (χ2v) is 4.07. The lowest BCUT2D eigenvalue weighted by atomic mass is 10.5. The van der Waals surface area contributed by atoms with E-state index in [0.717, 1.165) is 0 Å². The molecule has 2 heterocycles. The highest BCUT2D eigenvalue weighted by molar-refractivity contribution is 7.84. The highest BCUT2D eigenvalue weighted by atomic mass is 32.2. The maximum atomic E-state index is 11.2. The molecule has 86 valence electrons. The van der Waals surface area contributed by atoms with Gasteiger partial charge in [0.15, 0.2) is 5.52 Å². The van der Waals surface area contributed by atoms with Crippen molar-refractivity contribution in [3.8, 4) is 0 Å². The molecule has 10 nitrogen and oxygen atoms in total. The van der Waals surface area contributed by atoms with Crippen LogP contribution in [-0.2, 0) is 10.3 Å². The van der Waals surface area contributed by atoms with Crippen molar-refractivity contribution in [2.24, 2.45) is 0 Å². The molecule has 0 aliphatic carbocycles. The average Bonchev–Trinajstić information content (AvgIpc) is 2.39. The van der Waals surface area contributed by atoms with Crippen molar-refractivity contribution in [2.45, 2.75) is 0 Å². The first-order valence-electron chi connectivity index (χ1n) is 3.76. The molecule has 0 spiro atoms. The zero-order valence-corrected chi connectivity index (χ0v) is 8.16. The lowest BCUT2D eigenvalue weighted by Gasteiger charge is -1.95. The molecule has 2 rings (SSSR count). The molecule has 0 radical (unpaired) electrons. The van der Waals surface area contributed by atoms with Gasteiger partial charge in [-0.15, -0.1) is 0 Å². The molecule has 0 aliphatic rings. The van der Waals surface area contributed by atoms with Crippen molar-refractivity contribution < 1.29 is 13.0 Å². The van der Waals surface area contributed by atoms with E-state index in [2.05, 4.69) is 0 Å². The molecule has 2 aromatic heterocycles. The first-order valence-corrected chi connectivity index (χ1v) is 5.16. The Bertz CT molecular complexity index is 832. The quantitative estimate of drug-likeness (QED) is 0.404. The van der Waals surface area contributed by atoms with Crippen LogP contribution in [0.15, 0.2) is 14.4 Å². The maximum Gasteiger partial charge on any atom is 0.368 e. The lowest BCUT2D eigenvalue weighted by Crippen LogP contribution is -2.28. The van der Waals surface area contributed by atoms with Gasteiger partial charge in [-0.1, -0.05) is 0 Å². The van der Waals surface area contributed by atoms with Crippen LogP contribution >= 0.6 is 0 Å². The van der Waals surface area contributed by atoms with E-state index in [9.17, 15) is 22.8 Å². The van der Waals surface area contributed by atoms with Gasteiger partial charge in [0.1, 0.15) is 5.65 Å². The van der Waals surface area contributed by atoms with E-state index in [0.29, 0.717) is 0 Å². The van der Waals surface area contributed by atoms with Crippen molar-refractivity contribution in [2.75, 3.05) is 0 Å². The Morgan fingerprint density at radius 3 is 2.25 bits per heavy atom. The van der Waals surface area contributed by atoms with Crippen LogP contribution in [0.3, 0.4) is 0 Å². The number of nitrogens with one attached hydrogen (secondary N) is 3. The third-order valence-corrected chi connectivity index (χ3v) is 2.58. The summed E-state index contributed by atoms with van der Waals surface area (Å²) in [6.45, 7) is 0. The summed E-state index contributed by atoms with van der Waals surface area (Å²) in [4.78, 5) is 38.8. The zero-order chi connectivity index (χ0) is 12.1. The number of hydrogen-bond donors (Lipinski definition) is 4. The number of hydrogen-bond acceptors (Lipinski definition) is 5. The molecule has 0 bridgehead atoms. The SMILES string of the molecule is O=c1[nH]c(=O)c2c([nH]1)[nH]c(=O)n2S(=O)(=O)O. The molecule has 0 saturated heterocycles. The molecule has 4 N–H and O–H groups in total. The van der Waals surface area contributed by atoms with Crippen molar-refractivity contribution in [3.05, 3.63) is 31.3 Å². The number of imidazole rings is 1. The van der Waals surface area contributed by atoms with Gasteiger partial charge in [0.2, 0.25) is 0 Å². The third-order valence-electron chi connectivity index (χ3n) is 1.77. The molecule has 11 heteroatoms. The van der Waals surface area contributed by atoms with E-state index in [1.54, 1.807) is 4.98 Å². The predicted molar refractivity (Wildman–Crippen MR) is 50.7 cm³/mol. The zero-order valence-electron chi connectivity index (χ0n) is 7.34. The lowest BCUT2D eigenvalue weighted by molar-refractivity contribution is 0.472. The average molecular weight is 248 g/mol. The topological polar surface area (TPSA) is 158 Å². The van der Waals surface area contributed by atoms with Gasteiger partial charge in [-0.05, 0) is 0 Å². The Labute approximate surface area is 85.4 Å². The van der Waals surface area contributed by atoms with Crippen LogP contribution in [0.4, 0.5) is 0 Å². The Morgan fingerprint density at radius 1 is 1.06 bits per heavy atom. The van der Waals surface area contributed by atoms with Crippen molar-refractivity contribution in [3.63, 3.8) is 0 Å². The molecule has 16 heavy (non-hydrogen) atoms. The summed E-state index contributed by atoms with van der Waals surface area (Å²) in [5.74, 6) is 0. The minimum absolute atomic E-state index is 0.156. The molecule has 0 atom stereocenters. The largest absolute Gasteiger partial charge is 0.368 e. The molecule has 0 unspecified atom stereocenters. The molecule has 0 aliphatic heterocycles. The van der Waals surface area contributed by atoms with Crippen LogP contribution in [0, 0.1) is 0 Å². The van der Waals surface area contributed by atoms with Crippen LogP contribution in [0.1, 0.15) is 0 Å². The summed E-state index contributed by atoms with van der Waals surface area (Å²) in [5.41, 5.74) is -4.37. The molecule has 0 amide bonds. The Balaban J connectivity index is 3.21. The first kappa shape index (κ1) is 10.4. The Morgan fingerprint density at radius 2 is 1.69 bits per heavy atom. The van der Waals surface area contributed by atoms with E-state index in [4.69, 9.17) is 4.55 Å². The summed E-state index contributed by atoms with van der Waals surface area (Å²) < 4.78 is 30.2. The molecule has 0 aromatic carbocycles. The highest BCUT2D eigenvalue weighted by Gasteiger charge is 2.20. The number of H-pyrrole nitrogens is 3. The highest BCUT2D eigenvalue weighted by Crippen LogP contribution is 2.00. The Hall–Kier alpha value is -2.14. The maximum absolute atomic E-state index is 11.2. The number of fused-ring (bicyclic) bond motifs is 1. The smallest absolute Gasteiger partial charge is 0.291 e. The van der Waals surface area contributed by atoms with Gasteiger partial charge in [-0.25, -0.2) is 9.59 Å². The van der Waals surface area contributed by atoms with Gasteiger partial charge in [0, 0.05) is 0 Å². The summed E-state index contributed by atoms with van der Waals surface area (Å²) in [6.07, 6.45) is 0. The van der Waals surface area contributed by atoms with E-state index < -0.39 is 38.4 Å². The minimum Gasteiger partial charge on any atom is -0.291 e. The van der Waals surface area contributed by atoms with Crippen LogP contribution in [0.25, 0.3) is 11.2 Å². The number of aromatic nitrogens is 4. The third kappa shape index (κ3) is 1.38. The van der Waals surface area contributed by atoms with Crippen LogP contribution < -0.4 is 16.9 Å². The summed E-state index contributed by atoms with van der Waals surface area (Å²) >= 11 is 0. The summed E-state index contributed by atoms with van der Waals surface area (Å²) in [6, 6.07) is 0. The fraction of sp³-hybridized carbons (Fsp3) is 0. The number of aromatic amines is 3. The molecular weight excluding hydrogens is 244 g/mol. The number of rotatable bonds is 1. The number of nitrogens with zero attached hydrogens (tertiary/aromatic N) is 1.